The number of carbonyl (C=O) groups is 9. The average Bonchev–Trinajstić information content (AvgIpc) is 0.770. The van der Waals surface area contributed by atoms with Gasteiger partial charge in [-0.1, -0.05) is 115 Å². The molecule has 5 aromatic rings. The van der Waals surface area contributed by atoms with E-state index in [0.717, 1.165) is 75.3 Å². The average molecular weight is 1380 g/mol. The lowest BCUT2D eigenvalue weighted by Crippen LogP contribution is -2.59. The number of rotatable bonds is 21. The summed E-state index contributed by atoms with van der Waals surface area (Å²) >= 11 is 6.88. The maximum Gasteiger partial charge on any atom is 0.248 e. The Labute approximate surface area is 571 Å². The number of ether oxygens (including phenoxy) is 2. The van der Waals surface area contributed by atoms with Gasteiger partial charge in [-0.3, -0.25) is 48.5 Å². The van der Waals surface area contributed by atoms with Gasteiger partial charge in [-0.25, -0.2) is 0 Å². The van der Waals surface area contributed by atoms with Crippen LogP contribution >= 0.6 is 11.6 Å². The van der Waals surface area contributed by atoms with Crippen molar-refractivity contribution in [3.05, 3.63) is 118 Å². The summed E-state index contributed by atoms with van der Waals surface area (Å²) in [6.45, 7) is 9.64. The number of aliphatic hydroxyl groups is 2. The normalized spacial score (nSPS) is 20.8. The summed E-state index contributed by atoms with van der Waals surface area (Å²) in [5.74, 6) is -13.9. The number of unbranched alkanes of at least 4 members (excludes halogenated alkanes) is 7. The van der Waals surface area contributed by atoms with E-state index in [1.807, 2.05) is 27.7 Å². The van der Waals surface area contributed by atoms with Crippen LogP contribution in [0.1, 0.15) is 163 Å². The van der Waals surface area contributed by atoms with E-state index < -0.39 is 155 Å². The van der Waals surface area contributed by atoms with Crippen LogP contribution in [0.4, 0.5) is 0 Å². The van der Waals surface area contributed by atoms with E-state index in [-0.39, 0.29) is 86.7 Å². The molecule has 0 saturated heterocycles. The fourth-order valence-corrected chi connectivity index (χ4v) is 12.2. The molecule has 0 spiro atoms. The van der Waals surface area contributed by atoms with Crippen LogP contribution in [0.5, 0.6) is 46.0 Å². The summed E-state index contributed by atoms with van der Waals surface area (Å²) in [4.78, 5) is 133. The minimum Gasteiger partial charge on any atom is -0.508 e. The standard InChI is InChI=1S/C70H87ClN10O17/c1-8-9-10-11-12-13-14-15-24-74-66(92)57-43-31-40(82)32-49(84)54(43)42-27-37(18-22-48(42)83)55-67(93)81-58(70(96)79-57)60(86)36-16-20-41(21-17-36)97-51-29-39-30-52(62(51)88)98-50-23-19-38(28-44(50)71)61(87)59(80-64(90)46(73-7)26-35(4)5)69(95)75-47(65(91)77-56(39)68(94)78-55)33-53(85)76-63(89)45(72-6)25-34(2)3/h16-23,27-32,34-35,45-47,55-61,72-73,82-84,86-88H,8-15,24-26,33H2,1-7H3,(H,74,92)(H,75,95)(H,77,91)(H,78,94)(H,79,96)(H,80,90)(H,81,93)(H,76,85,89)/t45-,46+,47-,55+,56+,57-,58-,59+,60+,61+/m0/s1. The van der Waals surface area contributed by atoms with Crippen molar-refractivity contribution in [2.75, 3.05) is 20.6 Å². The summed E-state index contributed by atoms with van der Waals surface area (Å²) in [5.41, 5.74) is -1.54. The van der Waals surface area contributed by atoms with Gasteiger partial charge >= 0.3 is 0 Å². The number of hydrogen-bond donors (Lipinski definition) is 16. The molecular weight excluding hydrogens is 1290 g/mol. The minimum absolute atomic E-state index is 0.0314. The fraction of sp³-hybridized carbons (Fsp3) is 0.443. The largest absolute Gasteiger partial charge is 0.508 e. The lowest BCUT2D eigenvalue weighted by molar-refractivity contribution is -0.138. The highest BCUT2D eigenvalue weighted by Gasteiger charge is 2.42. The molecule has 0 radical (unpaired) electrons. The number of phenols is 4. The number of nitrogens with one attached hydrogen (secondary N) is 10. The van der Waals surface area contributed by atoms with Crippen LogP contribution in [0.15, 0.2) is 84.9 Å². The van der Waals surface area contributed by atoms with Crippen molar-refractivity contribution < 1.29 is 83.3 Å². The Hall–Kier alpha value is -9.54. The fourth-order valence-electron chi connectivity index (χ4n) is 12.0. The van der Waals surface area contributed by atoms with Gasteiger partial charge in [0.15, 0.2) is 11.5 Å². The summed E-state index contributed by atoms with van der Waals surface area (Å²) in [6.07, 6.45) is 3.04. The van der Waals surface area contributed by atoms with Crippen LogP contribution in [-0.4, -0.2) is 135 Å². The second-order valence-electron chi connectivity index (χ2n) is 25.6. The number of amides is 9. The van der Waals surface area contributed by atoms with E-state index in [0.29, 0.717) is 6.42 Å². The van der Waals surface area contributed by atoms with E-state index in [9.17, 15) is 49.8 Å². The van der Waals surface area contributed by atoms with Gasteiger partial charge in [0.2, 0.25) is 58.9 Å². The molecule has 0 saturated carbocycles. The molecule has 5 aromatic carbocycles. The molecule has 0 aliphatic carbocycles. The third-order valence-corrected chi connectivity index (χ3v) is 17.5. The van der Waals surface area contributed by atoms with Crippen LogP contribution in [0.25, 0.3) is 11.1 Å². The van der Waals surface area contributed by atoms with Gasteiger partial charge in [-0.05, 0) is 128 Å². The first-order valence-electron chi connectivity index (χ1n) is 32.9. The summed E-state index contributed by atoms with van der Waals surface area (Å²) < 4.78 is 12.5. The Kier molecular flexibility index (Phi) is 25.5. The van der Waals surface area contributed by atoms with Crippen LogP contribution in [0, 0.1) is 11.8 Å². The maximum atomic E-state index is 15.8. The third kappa shape index (κ3) is 18.4. The predicted molar refractivity (Wildman–Crippen MR) is 359 cm³/mol. The zero-order valence-corrected chi connectivity index (χ0v) is 56.3. The van der Waals surface area contributed by atoms with Gasteiger partial charge < -0.3 is 88.0 Å². The SMILES string of the molecule is CCCCCCCCCCNC(=O)[C@H]1NC(=O)[C@H]2NC(=O)[C@H](NC(=O)[C@@H]3NC(=O)[C@H](CC(=O)NC(=O)[C@H](CC(C)C)NC)NC(=O)[C@H](NC(=O)[C@@H](CC(C)C)NC)[C@H](O)c4ccc(c(Cl)c4)Oc4cc3cc(c4O)Oc3ccc(cc3)[C@H]2O)c2ccc(O)c(c2)-c2c(O)cc(O)cc21. The van der Waals surface area contributed by atoms with E-state index >= 15 is 24.0 Å². The molecule has 10 rings (SSSR count). The quantitative estimate of drug-likeness (QED) is 0.0391. The number of aromatic hydroxyl groups is 4. The Morgan fingerprint density at radius 3 is 1.81 bits per heavy atom. The minimum atomic E-state index is -2.18. The molecular formula is C70H87ClN10O17. The Bertz CT molecular complexity index is 3780. The highest BCUT2D eigenvalue weighted by molar-refractivity contribution is 6.32. The molecule has 98 heavy (non-hydrogen) atoms. The van der Waals surface area contributed by atoms with E-state index in [1.54, 1.807) is 0 Å². The highest BCUT2D eigenvalue weighted by Crippen LogP contribution is 2.47. The Morgan fingerprint density at radius 1 is 0.571 bits per heavy atom. The van der Waals surface area contributed by atoms with Gasteiger partial charge in [-0.15, -0.1) is 0 Å². The molecule has 28 heteroatoms. The number of aliphatic hydroxyl groups excluding tert-OH is 2. The summed E-state index contributed by atoms with van der Waals surface area (Å²) in [6, 6.07) is 2.53. The smallest absolute Gasteiger partial charge is 0.248 e. The number of imide groups is 1. The van der Waals surface area contributed by atoms with Crippen molar-refractivity contribution in [3.63, 3.8) is 0 Å². The summed E-state index contributed by atoms with van der Waals surface area (Å²) in [5, 5.41) is 97.2. The van der Waals surface area contributed by atoms with Gasteiger partial charge in [0.25, 0.3) is 0 Å². The molecule has 16 N–H and O–H groups in total. The number of fused-ring (bicyclic) bond motifs is 15. The Morgan fingerprint density at radius 2 is 1.16 bits per heavy atom. The third-order valence-electron chi connectivity index (χ3n) is 17.2. The van der Waals surface area contributed by atoms with Crippen LogP contribution in [0.3, 0.4) is 0 Å². The van der Waals surface area contributed by atoms with Crippen LogP contribution in [0.2, 0.25) is 5.02 Å². The molecule has 0 unspecified atom stereocenters. The van der Waals surface area contributed by atoms with Crippen molar-refractivity contribution in [3.8, 4) is 57.1 Å². The first-order chi connectivity index (χ1) is 46.7. The molecule has 5 aliphatic heterocycles. The molecule has 11 bridgehead atoms. The predicted octanol–water partition coefficient (Wildman–Crippen LogP) is 5.71. The second-order valence-corrected chi connectivity index (χ2v) is 26.0. The second kappa shape index (κ2) is 33.6. The highest BCUT2D eigenvalue weighted by atomic mass is 35.5. The maximum absolute atomic E-state index is 15.8. The number of likely N-dealkylation sites (N-methyl/N-ethyl adjacent to an activating group) is 2. The molecule has 0 aromatic heterocycles. The monoisotopic (exact) mass is 1370 g/mol. The lowest BCUT2D eigenvalue weighted by atomic mass is 9.89. The lowest BCUT2D eigenvalue weighted by Gasteiger charge is -2.31. The van der Waals surface area contributed by atoms with Gasteiger partial charge in [0.1, 0.15) is 77.2 Å². The van der Waals surface area contributed by atoms with Gasteiger partial charge in [0.05, 0.1) is 23.5 Å². The molecule has 5 aliphatic rings. The van der Waals surface area contributed by atoms with Crippen molar-refractivity contribution in [2.45, 2.75) is 166 Å². The number of benzene rings is 5. The van der Waals surface area contributed by atoms with E-state index in [2.05, 4.69) is 60.1 Å². The van der Waals surface area contributed by atoms with Crippen molar-refractivity contribution >= 4 is 64.8 Å². The van der Waals surface area contributed by atoms with Gasteiger partial charge in [-0.2, -0.15) is 0 Å². The van der Waals surface area contributed by atoms with Crippen LogP contribution in [-0.2, 0) is 43.2 Å². The zero-order chi connectivity index (χ0) is 71.2. The van der Waals surface area contributed by atoms with E-state index in [1.165, 1.54) is 68.7 Å². The first-order valence-corrected chi connectivity index (χ1v) is 33.2. The van der Waals surface area contributed by atoms with Crippen LogP contribution < -0.4 is 62.6 Å². The van der Waals surface area contributed by atoms with Crippen molar-refractivity contribution in [1.29, 1.82) is 0 Å². The number of carbonyl (C=O) groups excluding carboxylic acids is 9. The number of phenolic OH excluding ortho intramolecular Hbond substituents is 4. The molecule has 5 heterocycles. The molecule has 9 amide bonds. The molecule has 526 valence electrons. The summed E-state index contributed by atoms with van der Waals surface area (Å²) in [7, 11) is 3.00. The molecule has 0 fully saturated rings. The molecule has 10 atom stereocenters. The number of halogens is 1. The number of hydrogen-bond acceptors (Lipinski definition) is 19. The van der Waals surface area contributed by atoms with E-state index in [4.69, 9.17) is 21.1 Å². The van der Waals surface area contributed by atoms with Gasteiger partial charge in [0, 0.05) is 23.7 Å². The van der Waals surface area contributed by atoms with Crippen molar-refractivity contribution in [1.82, 2.24) is 53.2 Å². The first kappa shape index (κ1) is 74.3. The van der Waals surface area contributed by atoms with Crippen molar-refractivity contribution in [2.24, 2.45) is 11.8 Å². The molecule has 27 nitrogen and oxygen atoms in total. The topological polar surface area (TPSA) is 414 Å². The Balaban J connectivity index is 1.30. The zero-order valence-electron chi connectivity index (χ0n) is 55.5.